The molecule has 0 bridgehead atoms. The van der Waals surface area contributed by atoms with Crippen LogP contribution in [-0.4, -0.2) is 53.9 Å². The summed E-state index contributed by atoms with van der Waals surface area (Å²) in [6, 6.07) is 3.10. The van der Waals surface area contributed by atoms with Gasteiger partial charge in [-0.1, -0.05) is 25.4 Å². The molecule has 4 nitrogen and oxygen atoms in total. The van der Waals surface area contributed by atoms with Crippen LogP contribution in [0.25, 0.3) is 10.6 Å². The average Bonchev–Trinajstić information content (AvgIpc) is 3.02. The van der Waals surface area contributed by atoms with E-state index in [0.717, 1.165) is 43.1 Å². The minimum atomic E-state index is -4.48. The number of hydrogen-bond acceptors (Lipinski definition) is 4. The smallest absolute Gasteiger partial charge is 0.340 e. The van der Waals surface area contributed by atoms with Crippen LogP contribution in [0.1, 0.15) is 34.8 Å². The maximum atomic E-state index is 13.0. The highest BCUT2D eigenvalue weighted by Gasteiger charge is 2.31. The van der Waals surface area contributed by atoms with Crippen LogP contribution in [0.4, 0.5) is 13.2 Å². The van der Waals surface area contributed by atoms with Crippen LogP contribution in [0.5, 0.6) is 0 Å². The summed E-state index contributed by atoms with van der Waals surface area (Å²) >= 11 is 7.16. The summed E-state index contributed by atoms with van der Waals surface area (Å²) in [5.74, 6) is -0.198. The number of aryl methyl sites for hydroxylation is 1. The lowest BCUT2D eigenvalue weighted by atomic mass is 10.1. The largest absolute Gasteiger partial charge is 0.416 e. The summed E-state index contributed by atoms with van der Waals surface area (Å²) < 4.78 is 39.1. The Balaban J connectivity index is 2.27. The lowest BCUT2D eigenvalue weighted by Crippen LogP contribution is -2.36. The average molecular weight is 434 g/mol. The number of amides is 1. The SMILES string of the molecule is CCN(CC)CCN(C)C(=O)c1sc(-c2cc(C(F)(F)F)ccc2Cl)nc1C. The number of rotatable bonds is 7. The molecule has 0 radical (unpaired) electrons. The summed E-state index contributed by atoms with van der Waals surface area (Å²) in [4.78, 5) is 21.3. The predicted octanol–water partition coefficient (Wildman–Crippen LogP) is 5.20. The number of carbonyl (C=O) groups is 1. The number of likely N-dealkylation sites (N-methyl/N-ethyl adjacent to an activating group) is 2. The first kappa shape index (κ1) is 22.6. The van der Waals surface area contributed by atoms with Gasteiger partial charge in [-0.2, -0.15) is 13.2 Å². The Hall–Kier alpha value is -1.64. The first-order valence-electron chi connectivity index (χ1n) is 8.90. The first-order valence-corrected chi connectivity index (χ1v) is 10.1. The monoisotopic (exact) mass is 433 g/mol. The molecule has 9 heteroatoms. The van der Waals surface area contributed by atoms with Crippen molar-refractivity contribution in [3.05, 3.63) is 39.4 Å². The standard InChI is InChI=1S/C19H23ClF3N3OS/c1-5-26(6-2)10-9-25(4)18(27)16-12(3)24-17(28-16)14-11-13(19(21,22)23)7-8-15(14)20/h7-8,11H,5-6,9-10H2,1-4H3. The summed E-state index contributed by atoms with van der Waals surface area (Å²) in [7, 11) is 1.71. The van der Waals surface area contributed by atoms with Crippen molar-refractivity contribution >= 4 is 28.8 Å². The number of hydrogen-bond donors (Lipinski definition) is 0. The van der Waals surface area contributed by atoms with E-state index >= 15 is 0 Å². The van der Waals surface area contributed by atoms with E-state index in [9.17, 15) is 18.0 Å². The van der Waals surface area contributed by atoms with Gasteiger partial charge < -0.3 is 9.80 Å². The van der Waals surface area contributed by atoms with Gasteiger partial charge in [0.05, 0.1) is 16.3 Å². The second-order valence-corrected chi connectivity index (χ2v) is 7.79. The van der Waals surface area contributed by atoms with Gasteiger partial charge in [-0.05, 0) is 38.2 Å². The number of carbonyl (C=O) groups excluding carboxylic acids is 1. The maximum Gasteiger partial charge on any atom is 0.416 e. The van der Waals surface area contributed by atoms with E-state index in [4.69, 9.17) is 11.6 Å². The quantitative estimate of drug-likeness (QED) is 0.601. The van der Waals surface area contributed by atoms with Gasteiger partial charge in [-0.15, -0.1) is 11.3 Å². The molecule has 2 aromatic rings. The molecule has 0 saturated heterocycles. The van der Waals surface area contributed by atoms with Crippen molar-refractivity contribution in [1.29, 1.82) is 0 Å². The second-order valence-electron chi connectivity index (χ2n) is 6.38. The van der Waals surface area contributed by atoms with Gasteiger partial charge >= 0.3 is 6.18 Å². The Labute approximate surface area is 171 Å². The Kier molecular flexibility index (Phi) is 7.47. The Morgan fingerprint density at radius 1 is 1.21 bits per heavy atom. The lowest BCUT2D eigenvalue weighted by molar-refractivity contribution is -0.137. The molecule has 1 aromatic carbocycles. The van der Waals surface area contributed by atoms with Crippen LogP contribution in [-0.2, 0) is 6.18 Å². The van der Waals surface area contributed by atoms with Gasteiger partial charge in [0.1, 0.15) is 9.88 Å². The Bertz CT molecular complexity index is 834. The number of halogens is 4. The molecule has 0 atom stereocenters. The second kappa shape index (κ2) is 9.24. The fraction of sp³-hybridized carbons (Fsp3) is 0.474. The summed E-state index contributed by atoms with van der Waals surface area (Å²) in [5, 5.41) is 0.463. The molecule has 154 valence electrons. The van der Waals surface area contributed by atoms with E-state index in [-0.39, 0.29) is 16.5 Å². The number of nitrogens with zero attached hydrogens (tertiary/aromatic N) is 3. The predicted molar refractivity (Wildman–Crippen MR) is 107 cm³/mol. The van der Waals surface area contributed by atoms with Gasteiger partial charge in [0.2, 0.25) is 0 Å². The Morgan fingerprint density at radius 3 is 2.43 bits per heavy atom. The zero-order valence-electron chi connectivity index (χ0n) is 16.2. The third kappa shape index (κ3) is 5.24. The van der Waals surface area contributed by atoms with E-state index in [1.807, 2.05) is 0 Å². The topological polar surface area (TPSA) is 36.4 Å². The lowest BCUT2D eigenvalue weighted by Gasteiger charge is -2.22. The molecule has 0 aliphatic heterocycles. The maximum absolute atomic E-state index is 13.0. The molecule has 2 rings (SSSR count). The number of benzene rings is 1. The highest BCUT2D eigenvalue weighted by Crippen LogP contribution is 2.38. The van der Waals surface area contributed by atoms with E-state index in [1.165, 1.54) is 6.07 Å². The zero-order valence-corrected chi connectivity index (χ0v) is 17.8. The van der Waals surface area contributed by atoms with Crippen molar-refractivity contribution in [3.63, 3.8) is 0 Å². The fourth-order valence-electron chi connectivity index (χ4n) is 2.68. The van der Waals surface area contributed by atoms with Gasteiger partial charge in [-0.3, -0.25) is 4.79 Å². The highest BCUT2D eigenvalue weighted by molar-refractivity contribution is 7.17. The normalized spacial score (nSPS) is 11.9. The van der Waals surface area contributed by atoms with Crippen molar-refractivity contribution in [2.45, 2.75) is 26.9 Å². The van der Waals surface area contributed by atoms with Crippen LogP contribution in [0.3, 0.4) is 0 Å². The van der Waals surface area contributed by atoms with Gasteiger partial charge in [-0.25, -0.2) is 4.98 Å². The molecule has 0 aliphatic rings. The molecule has 0 unspecified atom stereocenters. The molecule has 1 amide bonds. The molecule has 0 saturated carbocycles. The number of thiazole rings is 1. The van der Waals surface area contributed by atoms with Crippen LogP contribution in [0.15, 0.2) is 18.2 Å². The van der Waals surface area contributed by atoms with Gasteiger partial charge in [0.15, 0.2) is 0 Å². The zero-order chi connectivity index (χ0) is 21.1. The summed E-state index contributed by atoms with van der Waals surface area (Å²) in [6.07, 6.45) is -4.48. The summed E-state index contributed by atoms with van der Waals surface area (Å²) in [6.45, 7) is 8.89. The fourth-order valence-corrected chi connectivity index (χ4v) is 4.04. The van der Waals surface area contributed by atoms with Gasteiger partial charge in [0.25, 0.3) is 5.91 Å². The van der Waals surface area contributed by atoms with Crippen molar-refractivity contribution < 1.29 is 18.0 Å². The number of alkyl halides is 3. The van der Waals surface area contributed by atoms with E-state index in [1.54, 1.807) is 18.9 Å². The van der Waals surface area contributed by atoms with E-state index < -0.39 is 11.7 Å². The molecule has 0 aliphatic carbocycles. The minimum absolute atomic E-state index is 0.163. The highest BCUT2D eigenvalue weighted by atomic mass is 35.5. The van der Waals surface area contributed by atoms with Crippen LogP contribution < -0.4 is 0 Å². The minimum Gasteiger partial charge on any atom is -0.340 e. The van der Waals surface area contributed by atoms with Crippen molar-refractivity contribution in [1.82, 2.24) is 14.8 Å². The van der Waals surface area contributed by atoms with E-state index in [2.05, 4.69) is 23.7 Å². The third-order valence-electron chi connectivity index (χ3n) is 4.51. The van der Waals surface area contributed by atoms with Gasteiger partial charge in [0, 0.05) is 25.7 Å². The number of aromatic nitrogens is 1. The molecule has 0 spiro atoms. The summed E-state index contributed by atoms with van der Waals surface area (Å²) in [5.41, 5.74) is -0.147. The molecular formula is C19H23ClF3N3OS. The van der Waals surface area contributed by atoms with Crippen LogP contribution >= 0.6 is 22.9 Å². The molecular weight excluding hydrogens is 411 g/mol. The molecule has 1 heterocycles. The van der Waals surface area contributed by atoms with Crippen LogP contribution in [0.2, 0.25) is 5.02 Å². The van der Waals surface area contributed by atoms with Crippen LogP contribution in [0, 0.1) is 6.92 Å². The molecule has 0 N–H and O–H groups in total. The Morgan fingerprint density at radius 2 is 1.86 bits per heavy atom. The van der Waals surface area contributed by atoms with Crippen molar-refractivity contribution in [3.8, 4) is 10.6 Å². The molecule has 1 aromatic heterocycles. The van der Waals surface area contributed by atoms with E-state index in [0.29, 0.717) is 22.1 Å². The molecule has 0 fully saturated rings. The van der Waals surface area contributed by atoms with Crippen molar-refractivity contribution in [2.24, 2.45) is 0 Å². The third-order valence-corrected chi connectivity index (χ3v) is 6.02. The molecule has 28 heavy (non-hydrogen) atoms. The first-order chi connectivity index (χ1) is 13.1. The van der Waals surface area contributed by atoms with Crippen molar-refractivity contribution in [2.75, 3.05) is 33.2 Å².